The Labute approximate surface area is 114 Å². The summed E-state index contributed by atoms with van der Waals surface area (Å²) in [6.07, 6.45) is 1.67. The van der Waals surface area contributed by atoms with Gasteiger partial charge in [0.1, 0.15) is 0 Å². The maximum Gasteiger partial charge on any atom is 0.271 e. The predicted molar refractivity (Wildman–Crippen MR) is 76.5 cm³/mol. The molecule has 0 unspecified atom stereocenters. The molecule has 0 atom stereocenters. The maximum absolute atomic E-state index is 10.8. The molecule has 0 aliphatic carbocycles. The third-order valence-electron chi connectivity index (χ3n) is 3.04. The van der Waals surface area contributed by atoms with Gasteiger partial charge >= 0.3 is 0 Å². The van der Waals surface area contributed by atoms with Crippen molar-refractivity contribution in [2.45, 2.75) is 6.67 Å². The lowest BCUT2D eigenvalue weighted by Gasteiger charge is -2.07. The van der Waals surface area contributed by atoms with E-state index in [-0.39, 0.29) is 5.69 Å². The second-order valence-electron chi connectivity index (χ2n) is 4.35. The summed E-state index contributed by atoms with van der Waals surface area (Å²) in [5.74, 6) is 0. The molecule has 0 aliphatic rings. The highest BCUT2D eigenvalue weighted by atomic mass is 16.6. The van der Waals surface area contributed by atoms with Gasteiger partial charge in [-0.2, -0.15) is 0 Å². The first-order chi connectivity index (χ1) is 9.74. The molecular weight excluding hydrogens is 256 g/mol. The molecule has 1 heterocycles. The summed E-state index contributed by atoms with van der Waals surface area (Å²) in [7, 11) is 0. The molecular formula is C14H12N4O2. The fourth-order valence-corrected chi connectivity index (χ4v) is 2.02. The van der Waals surface area contributed by atoms with E-state index in [9.17, 15) is 10.1 Å². The van der Waals surface area contributed by atoms with Crippen molar-refractivity contribution < 1.29 is 4.92 Å². The van der Waals surface area contributed by atoms with Crippen LogP contribution in [0.3, 0.4) is 0 Å². The molecule has 0 aliphatic heterocycles. The molecule has 0 saturated carbocycles. The van der Waals surface area contributed by atoms with Crippen molar-refractivity contribution in [1.29, 1.82) is 0 Å². The Balaban J connectivity index is 1.88. The lowest BCUT2D eigenvalue weighted by Crippen LogP contribution is -2.06. The number of nitrogens with one attached hydrogen (secondary N) is 1. The fraction of sp³-hybridized carbons (Fsp3) is 0.0714. The average molecular weight is 268 g/mol. The van der Waals surface area contributed by atoms with Gasteiger partial charge < -0.3 is 9.88 Å². The summed E-state index contributed by atoms with van der Waals surface area (Å²) in [6.45, 7) is 0.502. The number of rotatable bonds is 4. The number of anilines is 1. The first-order valence-corrected chi connectivity index (χ1v) is 6.12. The third-order valence-corrected chi connectivity index (χ3v) is 3.04. The number of nitro groups is 1. The predicted octanol–water partition coefficient (Wildman–Crippen LogP) is 3.01. The van der Waals surface area contributed by atoms with Crippen LogP contribution in [0.5, 0.6) is 0 Å². The summed E-state index contributed by atoms with van der Waals surface area (Å²) in [5.41, 5.74) is 2.53. The molecule has 0 saturated heterocycles. The lowest BCUT2D eigenvalue weighted by molar-refractivity contribution is -0.384. The van der Waals surface area contributed by atoms with Crippen LogP contribution in [0.4, 0.5) is 11.4 Å². The van der Waals surface area contributed by atoms with Crippen molar-refractivity contribution in [3.63, 3.8) is 0 Å². The number of hydrogen-bond donors (Lipinski definition) is 1. The minimum absolute atomic E-state index is 0.0685. The van der Waals surface area contributed by atoms with Crippen LogP contribution in [0.2, 0.25) is 0 Å². The van der Waals surface area contributed by atoms with Crippen LogP contribution >= 0.6 is 0 Å². The number of hydrogen-bond acceptors (Lipinski definition) is 4. The Kier molecular flexibility index (Phi) is 3.04. The molecule has 0 spiro atoms. The zero-order valence-electron chi connectivity index (χ0n) is 10.6. The minimum atomic E-state index is -0.401. The van der Waals surface area contributed by atoms with Crippen LogP contribution in [0.1, 0.15) is 0 Å². The van der Waals surface area contributed by atoms with Crippen molar-refractivity contribution >= 4 is 22.4 Å². The van der Waals surface area contributed by atoms with Gasteiger partial charge in [0.2, 0.25) is 0 Å². The molecule has 0 radical (unpaired) electrons. The molecule has 3 rings (SSSR count). The topological polar surface area (TPSA) is 73.0 Å². The second kappa shape index (κ2) is 5.00. The number of aromatic nitrogens is 2. The zero-order valence-corrected chi connectivity index (χ0v) is 10.6. The standard InChI is InChI=1S/C14H12N4O2/c19-18(20)12-6-7-13-14(8-12)17(10-16-13)9-15-11-4-2-1-3-5-11/h1-8,10,15H,9H2. The van der Waals surface area contributed by atoms with E-state index in [0.717, 1.165) is 16.7 Å². The lowest BCUT2D eigenvalue weighted by atomic mass is 10.3. The molecule has 2 aromatic carbocycles. The van der Waals surface area contributed by atoms with E-state index < -0.39 is 4.92 Å². The van der Waals surface area contributed by atoms with Gasteiger partial charge in [-0.3, -0.25) is 10.1 Å². The van der Waals surface area contributed by atoms with E-state index in [0.29, 0.717) is 6.67 Å². The summed E-state index contributed by atoms with van der Waals surface area (Å²) in [4.78, 5) is 14.6. The van der Waals surface area contributed by atoms with Gasteiger partial charge in [0.25, 0.3) is 5.69 Å². The average Bonchev–Trinajstić information content (AvgIpc) is 2.88. The van der Waals surface area contributed by atoms with Crippen molar-refractivity contribution in [3.05, 3.63) is 65.0 Å². The van der Waals surface area contributed by atoms with Gasteiger partial charge in [0.05, 0.1) is 29.0 Å². The highest BCUT2D eigenvalue weighted by molar-refractivity contribution is 5.78. The van der Waals surface area contributed by atoms with Gasteiger partial charge in [-0.25, -0.2) is 4.98 Å². The largest absolute Gasteiger partial charge is 0.367 e. The highest BCUT2D eigenvalue weighted by Crippen LogP contribution is 2.20. The number of non-ortho nitro benzene ring substituents is 1. The summed E-state index contributed by atoms with van der Waals surface area (Å²) in [5, 5.41) is 14.1. The number of para-hydroxylation sites is 1. The van der Waals surface area contributed by atoms with Crippen LogP contribution in [0.15, 0.2) is 54.9 Å². The monoisotopic (exact) mass is 268 g/mol. The quantitative estimate of drug-likeness (QED) is 0.583. The van der Waals surface area contributed by atoms with Gasteiger partial charge in [-0.1, -0.05) is 18.2 Å². The normalized spacial score (nSPS) is 10.6. The van der Waals surface area contributed by atoms with Crippen molar-refractivity contribution in [3.8, 4) is 0 Å². The van der Waals surface area contributed by atoms with Gasteiger partial charge in [-0.05, 0) is 18.2 Å². The Morgan fingerprint density at radius 3 is 2.75 bits per heavy atom. The molecule has 1 aromatic heterocycles. The number of benzene rings is 2. The Morgan fingerprint density at radius 1 is 1.20 bits per heavy atom. The summed E-state index contributed by atoms with van der Waals surface area (Å²) in [6, 6.07) is 14.4. The molecule has 100 valence electrons. The van der Waals surface area contributed by atoms with Crippen LogP contribution in [0.25, 0.3) is 11.0 Å². The molecule has 0 bridgehead atoms. The van der Waals surface area contributed by atoms with Crippen LogP contribution in [-0.4, -0.2) is 14.5 Å². The Hall–Kier alpha value is -2.89. The van der Waals surface area contributed by atoms with E-state index in [4.69, 9.17) is 0 Å². The van der Waals surface area contributed by atoms with Crippen LogP contribution in [-0.2, 0) is 6.67 Å². The molecule has 3 aromatic rings. The fourth-order valence-electron chi connectivity index (χ4n) is 2.02. The van der Waals surface area contributed by atoms with Gasteiger partial charge in [0, 0.05) is 17.8 Å². The first-order valence-electron chi connectivity index (χ1n) is 6.12. The van der Waals surface area contributed by atoms with Crippen molar-refractivity contribution in [1.82, 2.24) is 9.55 Å². The zero-order chi connectivity index (χ0) is 13.9. The molecule has 1 N–H and O–H groups in total. The molecule has 6 heteroatoms. The number of nitrogens with zero attached hydrogens (tertiary/aromatic N) is 3. The van der Waals surface area contributed by atoms with E-state index in [1.807, 2.05) is 34.9 Å². The van der Waals surface area contributed by atoms with Crippen molar-refractivity contribution in [2.75, 3.05) is 5.32 Å². The SMILES string of the molecule is O=[N+]([O-])c1ccc2ncn(CNc3ccccc3)c2c1. The van der Waals surface area contributed by atoms with Gasteiger partial charge in [0.15, 0.2) is 0 Å². The highest BCUT2D eigenvalue weighted by Gasteiger charge is 2.09. The Bertz CT molecular complexity index is 752. The van der Waals surface area contributed by atoms with Gasteiger partial charge in [-0.15, -0.1) is 0 Å². The second-order valence-corrected chi connectivity index (χ2v) is 4.35. The first kappa shape index (κ1) is 12.2. The molecule has 6 nitrogen and oxygen atoms in total. The van der Waals surface area contributed by atoms with E-state index in [1.54, 1.807) is 12.4 Å². The third kappa shape index (κ3) is 2.31. The van der Waals surface area contributed by atoms with E-state index in [2.05, 4.69) is 10.3 Å². The smallest absolute Gasteiger partial charge is 0.271 e. The van der Waals surface area contributed by atoms with Crippen LogP contribution in [0, 0.1) is 10.1 Å². The Morgan fingerprint density at radius 2 is 2.00 bits per heavy atom. The van der Waals surface area contributed by atoms with Crippen molar-refractivity contribution in [2.24, 2.45) is 0 Å². The number of imidazole rings is 1. The van der Waals surface area contributed by atoms with E-state index >= 15 is 0 Å². The van der Waals surface area contributed by atoms with E-state index in [1.165, 1.54) is 12.1 Å². The number of nitro benzene ring substituents is 1. The molecule has 20 heavy (non-hydrogen) atoms. The molecule has 0 fully saturated rings. The summed E-state index contributed by atoms with van der Waals surface area (Å²) < 4.78 is 1.84. The maximum atomic E-state index is 10.8. The summed E-state index contributed by atoms with van der Waals surface area (Å²) >= 11 is 0. The molecule has 0 amide bonds. The van der Waals surface area contributed by atoms with Crippen LogP contribution < -0.4 is 5.32 Å². The minimum Gasteiger partial charge on any atom is -0.367 e. The number of fused-ring (bicyclic) bond motifs is 1.